The lowest BCUT2D eigenvalue weighted by atomic mass is 9.80. The molecule has 3 atom stereocenters. The number of nitrogens with zero attached hydrogens (tertiary/aromatic N) is 1. The van der Waals surface area contributed by atoms with Gasteiger partial charge in [-0.15, -0.1) is 11.3 Å². The second-order valence-electron chi connectivity index (χ2n) is 6.79. The lowest BCUT2D eigenvalue weighted by Crippen LogP contribution is -2.38. The van der Waals surface area contributed by atoms with Crippen molar-refractivity contribution in [2.24, 2.45) is 17.1 Å². The Balaban J connectivity index is 2.14. The summed E-state index contributed by atoms with van der Waals surface area (Å²) in [5, 5.41) is 0. The zero-order valence-electron chi connectivity index (χ0n) is 12.3. The molecule has 1 aromatic heterocycles. The SMILES string of the molecule is CC(N)C(c1ccc(Cl)s1)N1CCC(C(C)(C)C)C1. The minimum Gasteiger partial charge on any atom is -0.326 e. The third-order valence-electron chi connectivity index (χ3n) is 4.22. The van der Waals surface area contributed by atoms with Crippen LogP contribution in [0.4, 0.5) is 0 Å². The first-order valence-electron chi connectivity index (χ1n) is 7.04. The van der Waals surface area contributed by atoms with Crippen molar-refractivity contribution in [3.05, 3.63) is 21.3 Å². The van der Waals surface area contributed by atoms with Crippen LogP contribution in [0.3, 0.4) is 0 Å². The van der Waals surface area contributed by atoms with Gasteiger partial charge < -0.3 is 5.73 Å². The molecule has 0 spiro atoms. The van der Waals surface area contributed by atoms with Gasteiger partial charge in [-0.25, -0.2) is 0 Å². The second-order valence-corrected chi connectivity index (χ2v) is 8.54. The van der Waals surface area contributed by atoms with Crippen molar-refractivity contribution in [3.8, 4) is 0 Å². The predicted octanol–water partition coefficient (Wildman–Crippen LogP) is 4.16. The summed E-state index contributed by atoms with van der Waals surface area (Å²) in [6.45, 7) is 11.4. The van der Waals surface area contributed by atoms with Crippen LogP contribution < -0.4 is 5.73 Å². The number of halogens is 1. The lowest BCUT2D eigenvalue weighted by Gasteiger charge is -2.32. The third-order valence-corrected chi connectivity index (χ3v) is 5.52. The van der Waals surface area contributed by atoms with Gasteiger partial charge in [0.15, 0.2) is 0 Å². The van der Waals surface area contributed by atoms with Crippen LogP contribution in [0.5, 0.6) is 0 Å². The van der Waals surface area contributed by atoms with Crippen molar-refractivity contribution < 1.29 is 0 Å². The monoisotopic (exact) mass is 300 g/mol. The molecule has 1 fully saturated rings. The topological polar surface area (TPSA) is 29.3 Å². The predicted molar refractivity (Wildman–Crippen MR) is 84.9 cm³/mol. The van der Waals surface area contributed by atoms with E-state index in [2.05, 4.69) is 38.7 Å². The number of hydrogen-bond acceptors (Lipinski definition) is 3. The van der Waals surface area contributed by atoms with Crippen molar-refractivity contribution in [2.45, 2.75) is 46.2 Å². The minimum atomic E-state index is 0.133. The lowest BCUT2D eigenvalue weighted by molar-refractivity contribution is 0.182. The first-order chi connectivity index (χ1) is 8.79. The van der Waals surface area contributed by atoms with Crippen molar-refractivity contribution in [2.75, 3.05) is 13.1 Å². The van der Waals surface area contributed by atoms with E-state index in [9.17, 15) is 0 Å². The fourth-order valence-electron chi connectivity index (χ4n) is 3.01. The molecule has 1 aromatic rings. The molecule has 0 saturated carbocycles. The summed E-state index contributed by atoms with van der Waals surface area (Å²) in [5.74, 6) is 0.754. The van der Waals surface area contributed by atoms with Crippen molar-refractivity contribution in [3.63, 3.8) is 0 Å². The summed E-state index contributed by atoms with van der Waals surface area (Å²) in [6, 6.07) is 4.55. The summed E-state index contributed by atoms with van der Waals surface area (Å²) in [4.78, 5) is 3.84. The molecule has 0 radical (unpaired) electrons. The molecule has 3 unspecified atom stereocenters. The van der Waals surface area contributed by atoms with Crippen molar-refractivity contribution in [1.29, 1.82) is 0 Å². The van der Waals surface area contributed by atoms with E-state index in [0.717, 1.165) is 23.3 Å². The molecule has 1 aliphatic heterocycles. The van der Waals surface area contributed by atoms with Crippen molar-refractivity contribution >= 4 is 22.9 Å². The fourth-order valence-corrected chi connectivity index (χ4v) is 4.32. The maximum absolute atomic E-state index is 6.23. The zero-order chi connectivity index (χ0) is 14.2. The Morgan fingerprint density at radius 3 is 2.53 bits per heavy atom. The van der Waals surface area contributed by atoms with E-state index < -0.39 is 0 Å². The van der Waals surface area contributed by atoms with Gasteiger partial charge in [0.1, 0.15) is 0 Å². The number of nitrogens with two attached hydrogens (primary N) is 1. The molecule has 108 valence electrons. The number of hydrogen-bond donors (Lipinski definition) is 1. The molecule has 4 heteroatoms. The Labute approximate surface area is 125 Å². The zero-order valence-corrected chi connectivity index (χ0v) is 13.9. The fraction of sp³-hybridized carbons (Fsp3) is 0.733. The Kier molecular flexibility index (Phi) is 4.61. The summed E-state index contributed by atoms with van der Waals surface area (Å²) in [6.07, 6.45) is 1.27. The molecule has 2 nitrogen and oxygen atoms in total. The van der Waals surface area contributed by atoms with Crippen LogP contribution in [0.25, 0.3) is 0 Å². The van der Waals surface area contributed by atoms with Gasteiger partial charge in [0.2, 0.25) is 0 Å². The highest BCUT2D eigenvalue weighted by molar-refractivity contribution is 7.16. The van der Waals surface area contributed by atoms with Gasteiger partial charge in [0, 0.05) is 17.5 Å². The van der Waals surface area contributed by atoms with Crippen LogP contribution in [-0.4, -0.2) is 24.0 Å². The highest BCUT2D eigenvalue weighted by Crippen LogP contribution is 2.39. The van der Waals surface area contributed by atoms with E-state index in [1.54, 1.807) is 11.3 Å². The van der Waals surface area contributed by atoms with E-state index in [-0.39, 0.29) is 6.04 Å². The smallest absolute Gasteiger partial charge is 0.0931 e. The molecule has 19 heavy (non-hydrogen) atoms. The van der Waals surface area contributed by atoms with E-state index in [1.165, 1.54) is 11.3 Å². The quantitative estimate of drug-likeness (QED) is 0.908. The van der Waals surface area contributed by atoms with Gasteiger partial charge in [0.05, 0.1) is 10.4 Å². The average molecular weight is 301 g/mol. The molecular weight excluding hydrogens is 276 g/mol. The van der Waals surface area contributed by atoms with Crippen LogP contribution in [0, 0.1) is 11.3 Å². The number of likely N-dealkylation sites (tertiary alicyclic amines) is 1. The van der Waals surface area contributed by atoms with Crippen molar-refractivity contribution in [1.82, 2.24) is 4.90 Å². The number of rotatable bonds is 3. The molecule has 0 bridgehead atoms. The van der Waals surface area contributed by atoms with E-state index in [4.69, 9.17) is 17.3 Å². The molecule has 0 aromatic carbocycles. The Morgan fingerprint density at radius 2 is 2.11 bits per heavy atom. The maximum Gasteiger partial charge on any atom is 0.0931 e. The summed E-state index contributed by atoms with van der Waals surface area (Å²) >= 11 is 7.74. The Morgan fingerprint density at radius 1 is 1.42 bits per heavy atom. The van der Waals surface area contributed by atoms with Crippen LogP contribution in [0.2, 0.25) is 4.34 Å². The largest absolute Gasteiger partial charge is 0.326 e. The first-order valence-corrected chi connectivity index (χ1v) is 8.23. The summed E-state index contributed by atoms with van der Waals surface area (Å²) in [7, 11) is 0. The second kappa shape index (κ2) is 5.72. The molecule has 2 heterocycles. The molecule has 2 N–H and O–H groups in total. The average Bonchev–Trinajstić information content (AvgIpc) is 2.87. The van der Waals surface area contributed by atoms with Crippen LogP contribution >= 0.6 is 22.9 Å². The van der Waals surface area contributed by atoms with Gasteiger partial charge >= 0.3 is 0 Å². The van der Waals surface area contributed by atoms with E-state index in [0.29, 0.717) is 11.5 Å². The van der Waals surface area contributed by atoms with E-state index >= 15 is 0 Å². The van der Waals surface area contributed by atoms with Crippen LogP contribution in [-0.2, 0) is 0 Å². The van der Waals surface area contributed by atoms with Gasteiger partial charge in [0.25, 0.3) is 0 Å². The molecule has 1 saturated heterocycles. The normalized spacial score (nSPS) is 24.6. The third kappa shape index (κ3) is 3.52. The number of thiophene rings is 1. The molecule has 0 aliphatic carbocycles. The Hall–Kier alpha value is -0.0900. The Bertz CT molecular complexity index is 422. The highest BCUT2D eigenvalue weighted by Gasteiger charge is 2.36. The first kappa shape index (κ1) is 15.3. The van der Waals surface area contributed by atoms with Gasteiger partial charge in [-0.05, 0) is 43.4 Å². The minimum absolute atomic E-state index is 0.133. The van der Waals surface area contributed by atoms with Crippen LogP contribution in [0.15, 0.2) is 12.1 Å². The summed E-state index contributed by atoms with van der Waals surface area (Å²) < 4.78 is 0.854. The molecule has 2 rings (SSSR count). The van der Waals surface area contributed by atoms with Gasteiger partial charge in [-0.3, -0.25) is 4.90 Å². The molecule has 1 aliphatic rings. The van der Waals surface area contributed by atoms with Gasteiger partial charge in [-0.2, -0.15) is 0 Å². The maximum atomic E-state index is 6.23. The van der Waals surface area contributed by atoms with E-state index in [1.807, 2.05) is 6.07 Å². The standard InChI is InChI=1S/C15H25ClN2S/c1-10(17)14(12-5-6-13(16)19-12)18-8-7-11(9-18)15(2,3)4/h5-6,10-11,14H,7-9,17H2,1-4H3. The molecular formula is C15H25ClN2S. The van der Waals surface area contributed by atoms with Gasteiger partial charge in [-0.1, -0.05) is 32.4 Å². The molecule has 0 amide bonds. The summed E-state index contributed by atoms with van der Waals surface area (Å²) in [5.41, 5.74) is 6.61. The van der Waals surface area contributed by atoms with Crippen LogP contribution in [0.1, 0.15) is 45.0 Å². The highest BCUT2D eigenvalue weighted by atomic mass is 35.5.